The zero-order valence-electron chi connectivity index (χ0n) is 11.9. The zero-order valence-corrected chi connectivity index (χ0v) is 12.6. The van der Waals surface area contributed by atoms with Crippen molar-refractivity contribution in [2.75, 3.05) is 16.8 Å². The van der Waals surface area contributed by atoms with Crippen LogP contribution in [0.15, 0.2) is 18.2 Å². The average Bonchev–Trinajstić information content (AvgIpc) is 2.38. The van der Waals surface area contributed by atoms with Crippen LogP contribution in [0.4, 0.5) is 11.4 Å². The number of hydrogen-bond acceptors (Lipinski definition) is 2. The van der Waals surface area contributed by atoms with E-state index < -0.39 is 0 Å². The Balaban J connectivity index is 2.05. The maximum Gasteiger partial charge on any atom is 0.0624 e. The number of halogens is 1. The van der Waals surface area contributed by atoms with Gasteiger partial charge in [-0.15, -0.1) is 0 Å². The molecule has 3 rings (SSSR count). The molecule has 1 aromatic rings. The summed E-state index contributed by atoms with van der Waals surface area (Å²) in [6, 6.07) is 6.73. The van der Waals surface area contributed by atoms with E-state index in [1.807, 2.05) is 6.07 Å². The van der Waals surface area contributed by atoms with Crippen molar-refractivity contribution in [1.82, 2.24) is 0 Å². The van der Waals surface area contributed by atoms with Gasteiger partial charge in [0.1, 0.15) is 0 Å². The summed E-state index contributed by atoms with van der Waals surface area (Å²) in [6.07, 6.45) is 6.67. The van der Waals surface area contributed by atoms with Gasteiger partial charge in [0.05, 0.1) is 16.9 Å². The second-order valence-corrected chi connectivity index (χ2v) is 6.70. The van der Waals surface area contributed by atoms with Gasteiger partial charge in [0.2, 0.25) is 0 Å². The zero-order chi connectivity index (χ0) is 13.5. The Hall–Kier alpha value is -0.890. The average molecular weight is 279 g/mol. The van der Waals surface area contributed by atoms with Crippen LogP contribution < -0.4 is 10.2 Å². The first-order valence-electron chi connectivity index (χ1n) is 7.45. The fourth-order valence-electron chi connectivity index (χ4n) is 3.91. The Morgan fingerprint density at radius 3 is 2.63 bits per heavy atom. The lowest BCUT2D eigenvalue weighted by atomic mass is 9.77. The van der Waals surface area contributed by atoms with Crippen LogP contribution in [0, 0.1) is 0 Å². The van der Waals surface area contributed by atoms with Gasteiger partial charge >= 0.3 is 0 Å². The Labute approximate surface area is 121 Å². The van der Waals surface area contributed by atoms with E-state index in [2.05, 4.69) is 36.2 Å². The summed E-state index contributed by atoms with van der Waals surface area (Å²) >= 11 is 6.22. The highest BCUT2D eigenvalue weighted by atomic mass is 35.5. The predicted octanol–water partition coefficient (Wildman–Crippen LogP) is 4.68. The first-order valence-corrected chi connectivity index (χ1v) is 7.83. The third-order valence-electron chi connectivity index (χ3n) is 4.64. The van der Waals surface area contributed by atoms with Crippen molar-refractivity contribution in [1.29, 1.82) is 0 Å². The topological polar surface area (TPSA) is 15.3 Å². The fraction of sp³-hybridized carbons (Fsp3) is 0.625. The van der Waals surface area contributed by atoms with Crippen molar-refractivity contribution in [3.05, 3.63) is 23.2 Å². The monoisotopic (exact) mass is 278 g/mol. The third-order valence-corrected chi connectivity index (χ3v) is 4.87. The maximum atomic E-state index is 6.22. The lowest BCUT2D eigenvalue weighted by Crippen LogP contribution is -2.59. The Morgan fingerprint density at radius 1 is 1.21 bits per heavy atom. The molecule has 1 heterocycles. The molecule has 1 fully saturated rings. The lowest BCUT2D eigenvalue weighted by Gasteiger charge is -2.53. The highest BCUT2D eigenvalue weighted by molar-refractivity contribution is 6.31. The quantitative estimate of drug-likeness (QED) is 0.802. The molecule has 0 unspecified atom stereocenters. The molecule has 0 amide bonds. The van der Waals surface area contributed by atoms with Gasteiger partial charge in [-0.05, 0) is 44.9 Å². The van der Waals surface area contributed by atoms with E-state index >= 15 is 0 Å². The molecule has 104 valence electrons. The molecule has 1 aliphatic carbocycles. The summed E-state index contributed by atoms with van der Waals surface area (Å²) < 4.78 is 0. The molecule has 0 atom stereocenters. The molecule has 3 heteroatoms. The molecular weight excluding hydrogens is 256 g/mol. The summed E-state index contributed by atoms with van der Waals surface area (Å²) in [4.78, 5) is 2.63. The van der Waals surface area contributed by atoms with E-state index in [9.17, 15) is 0 Å². The van der Waals surface area contributed by atoms with Gasteiger partial charge in [-0.2, -0.15) is 0 Å². The molecule has 0 bridgehead atoms. The van der Waals surface area contributed by atoms with Crippen molar-refractivity contribution in [3.63, 3.8) is 0 Å². The summed E-state index contributed by atoms with van der Waals surface area (Å²) in [5, 5.41) is 4.47. The van der Waals surface area contributed by atoms with Gasteiger partial charge < -0.3 is 10.2 Å². The van der Waals surface area contributed by atoms with Gasteiger partial charge in [-0.1, -0.05) is 30.9 Å². The van der Waals surface area contributed by atoms with Crippen molar-refractivity contribution < 1.29 is 0 Å². The standard InChI is InChI=1S/C16H23ClN2/c1-12(2)19-15-10-13(17)6-7-14(15)18-11-16(19)8-4-3-5-9-16/h6-7,10,12,18H,3-5,8-9,11H2,1-2H3. The van der Waals surface area contributed by atoms with E-state index in [4.69, 9.17) is 11.6 Å². The number of fused-ring (bicyclic) bond motifs is 1. The minimum atomic E-state index is 0.296. The largest absolute Gasteiger partial charge is 0.381 e. The van der Waals surface area contributed by atoms with Gasteiger partial charge in [0, 0.05) is 17.6 Å². The molecule has 1 spiro atoms. The van der Waals surface area contributed by atoms with E-state index in [0.29, 0.717) is 11.6 Å². The fourth-order valence-corrected chi connectivity index (χ4v) is 4.07. The molecule has 1 saturated carbocycles. The number of nitrogens with zero attached hydrogens (tertiary/aromatic N) is 1. The molecule has 2 aliphatic rings. The van der Waals surface area contributed by atoms with Crippen LogP contribution in [0.1, 0.15) is 46.0 Å². The Morgan fingerprint density at radius 2 is 1.95 bits per heavy atom. The number of anilines is 2. The van der Waals surface area contributed by atoms with Crippen LogP contribution in [0.25, 0.3) is 0 Å². The first kappa shape index (κ1) is 13.1. The summed E-state index contributed by atoms with van der Waals surface area (Å²) in [7, 11) is 0. The van der Waals surface area contributed by atoms with Gasteiger partial charge in [0.25, 0.3) is 0 Å². The van der Waals surface area contributed by atoms with E-state index in [1.165, 1.54) is 43.5 Å². The molecular formula is C16H23ClN2. The van der Waals surface area contributed by atoms with Crippen LogP contribution in [-0.2, 0) is 0 Å². The van der Waals surface area contributed by atoms with Gasteiger partial charge in [-0.3, -0.25) is 0 Å². The lowest BCUT2D eigenvalue weighted by molar-refractivity contribution is 0.270. The highest BCUT2D eigenvalue weighted by Gasteiger charge is 2.42. The Kier molecular flexibility index (Phi) is 3.38. The number of rotatable bonds is 1. The molecule has 1 aliphatic heterocycles. The summed E-state index contributed by atoms with van der Waals surface area (Å²) in [5.74, 6) is 0. The minimum absolute atomic E-state index is 0.296. The molecule has 0 aromatic heterocycles. The highest BCUT2D eigenvalue weighted by Crippen LogP contribution is 2.45. The summed E-state index contributed by atoms with van der Waals surface area (Å²) in [5.41, 5.74) is 2.81. The van der Waals surface area contributed by atoms with Gasteiger partial charge in [-0.25, -0.2) is 0 Å². The summed E-state index contributed by atoms with van der Waals surface area (Å²) in [6.45, 7) is 5.67. The van der Waals surface area contributed by atoms with Crippen LogP contribution in [0.5, 0.6) is 0 Å². The number of benzene rings is 1. The van der Waals surface area contributed by atoms with Gasteiger partial charge in [0.15, 0.2) is 0 Å². The van der Waals surface area contributed by atoms with Crippen LogP contribution in [0.2, 0.25) is 5.02 Å². The SMILES string of the molecule is CC(C)N1c2cc(Cl)ccc2NCC12CCCCC2. The van der Waals surface area contributed by atoms with E-state index in [1.54, 1.807) is 0 Å². The van der Waals surface area contributed by atoms with Crippen LogP contribution in [0.3, 0.4) is 0 Å². The normalized spacial score (nSPS) is 21.4. The molecule has 0 saturated heterocycles. The second kappa shape index (κ2) is 4.90. The molecule has 19 heavy (non-hydrogen) atoms. The number of hydrogen-bond donors (Lipinski definition) is 1. The minimum Gasteiger partial charge on any atom is -0.381 e. The smallest absolute Gasteiger partial charge is 0.0624 e. The molecule has 1 aromatic carbocycles. The first-order chi connectivity index (χ1) is 9.12. The number of nitrogens with one attached hydrogen (secondary N) is 1. The molecule has 2 nitrogen and oxygen atoms in total. The molecule has 0 radical (unpaired) electrons. The Bertz CT molecular complexity index is 464. The van der Waals surface area contributed by atoms with Crippen molar-refractivity contribution in [2.24, 2.45) is 0 Å². The van der Waals surface area contributed by atoms with Crippen molar-refractivity contribution >= 4 is 23.0 Å². The van der Waals surface area contributed by atoms with Crippen LogP contribution in [-0.4, -0.2) is 18.1 Å². The van der Waals surface area contributed by atoms with E-state index in [-0.39, 0.29) is 0 Å². The van der Waals surface area contributed by atoms with Crippen molar-refractivity contribution in [2.45, 2.75) is 57.5 Å². The molecule has 1 N–H and O–H groups in total. The van der Waals surface area contributed by atoms with E-state index in [0.717, 1.165) is 11.6 Å². The predicted molar refractivity (Wildman–Crippen MR) is 83.4 cm³/mol. The second-order valence-electron chi connectivity index (χ2n) is 6.26. The van der Waals surface area contributed by atoms with Crippen molar-refractivity contribution in [3.8, 4) is 0 Å². The third kappa shape index (κ3) is 2.20. The van der Waals surface area contributed by atoms with Crippen LogP contribution >= 0.6 is 11.6 Å². The maximum absolute atomic E-state index is 6.22.